The second kappa shape index (κ2) is 10.1. The predicted molar refractivity (Wildman–Crippen MR) is 113 cm³/mol. The van der Waals surface area contributed by atoms with Crippen molar-refractivity contribution >= 4 is 34.8 Å². The topological polar surface area (TPSA) is 73.3 Å². The van der Waals surface area contributed by atoms with Gasteiger partial charge in [0.25, 0.3) is 5.91 Å². The number of nitrogens with zero attached hydrogens (tertiary/aromatic N) is 2. The van der Waals surface area contributed by atoms with Crippen LogP contribution in [-0.4, -0.2) is 29.6 Å². The zero-order chi connectivity index (χ0) is 20.6. The summed E-state index contributed by atoms with van der Waals surface area (Å²) in [6.07, 6.45) is 8.03. The maximum Gasteiger partial charge on any atom is 0.255 e. The summed E-state index contributed by atoms with van der Waals surface area (Å²) in [4.78, 5) is 20.5. The van der Waals surface area contributed by atoms with Crippen LogP contribution >= 0.6 is 23.2 Å². The number of amides is 1. The van der Waals surface area contributed by atoms with E-state index in [0.717, 1.165) is 12.8 Å². The Labute approximate surface area is 178 Å². The standard InChI is InChI=1S/C21H19Cl2N3O3/c1-28-18-5-4-15(21(27)26-20-16(22)12-25-13-17(20)23)11-19(18)29-10-2-3-14-6-8-24-9-7-14/h4-9,11-13H,2-3,10H2,1H3,(H,25,26,27). The molecule has 150 valence electrons. The third kappa shape index (κ3) is 5.59. The molecule has 29 heavy (non-hydrogen) atoms. The minimum Gasteiger partial charge on any atom is -0.493 e. The second-order valence-electron chi connectivity index (χ2n) is 6.11. The van der Waals surface area contributed by atoms with Crippen molar-refractivity contribution in [3.8, 4) is 11.5 Å². The minimum atomic E-state index is -0.371. The fourth-order valence-electron chi connectivity index (χ4n) is 2.66. The van der Waals surface area contributed by atoms with Gasteiger partial charge < -0.3 is 14.8 Å². The molecule has 0 saturated carbocycles. The lowest BCUT2D eigenvalue weighted by molar-refractivity contribution is 0.102. The molecule has 0 saturated heterocycles. The van der Waals surface area contributed by atoms with Gasteiger partial charge in [-0.25, -0.2) is 0 Å². The van der Waals surface area contributed by atoms with Gasteiger partial charge in [-0.05, 0) is 48.7 Å². The van der Waals surface area contributed by atoms with E-state index in [1.54, 1.807) is 37.7 Å². The number of anilines is 1. The van der Waals surface area contributed by atoms with Crippen molar-refractivity contribution < 1.29 is 14.3 Å². The number of carbonyl (C=O) groups excluding carboxylic acids is 1. The summed E-state index contributed by atoms with van der Waals surface area (Å²) in [5.74, 6) is 0.663. The Morgan fingerprint density at radius 3 is 2.45 bits per heavy atom. The number of aromatic nitrogens is 2. The molecule has 0 radical (unpaired) electrons. The molecule has 0 atom stereocenters. The van der Waals surface area contributed by atoms with Crippen LogP contribution in [0.1, 0.15) is 22.3 Å². The number of aryl methyl sites for hydroxylation is 1. The number of ether oxygens (including phenoxy) is 2. The van der Waals surface area contributed by atoms with Gasteiger partial charge in [0.1, 0.15) is 0 Å². The lowest BCUT2D eigenvalue weighted by Gasteiger charge is -2.13. The molecule has 8 heteroatoms. The number of pyridine rings is 2. The summed E-state index contributed by atoms with van der Waals surface area (Å²) in [7, 11) is 1.55. The van der Waals surface area contributed by atoms with Crippen LogP contribution in [0.4, 0.5) is 5.69 Å². The molecule has 0 aliphatic carbocycles. The van der Waals surface area contributed by atoms with Gasteiger partial charge in [-0.2, -0.15) is 0 Å². The van der Waals surface area contributed by atoms with Crippen LogP contribution < -0.4 is 14.8 Å². The van der Waals surface area contributed by atoms with Crippen molar-refractivity contribution in [2.75, 3.05) is 19.0 Å². The van der Waals surface area contributed by atoms with Crippen LogP contribution in [0.5, 0.6) is 11.5 Å². The molecule has 3 rings (SSSR count). The van der Waals surface area contributed by atoms with Crippen LogP contribution in [0.3, 0.4) is 0 Å². The predicted octanol–water partition coefficient (Wildman–Crippen LogP) is 5.06. The summed E-state index contributed by atoms with van der Waals surface area (Å²) in [6.45, 7) is 0.478. The summed E-state index contributed by atoms with van der Waals surface area (Å²) in [5, 5.41) is 3.22. The number of nitrogens with one attached hydrogen (secondary N) is 1. The summed E-state index contributed by atoms with van der Waals surface area (Å²) >= 11 is 12.1. The first-order chi connectivity index (χ1) is 14.1. The van der Waals surface area contributed by atoms with E-state index in [0.29, 0.717) is 29.4 Å². The van der Waals surface area contributed by atoms with Gasteiger partial charge in [-0.15, -0.1) is 0 Å². The fraction of sp³-hybridized carbons (Fsp3) is 0.190. The van der Waals surface area contributed by atoms with Gasteiger partial charge in [0, 0.05) is 30.4 Å². The molecular formula is C21H19Cl2N3O3. The molecule has 0 fully saturated rings. The Balaban J connectivity index is 1.67. The van der Waals surface area contributed by atoms with Crippen molar-refractivity contribution in [3.63, 3.8) is 0 Å². The Morgan fingerprint density at radius 2 is 1.76 bits per heavy atom. The molecule has 1 N–H and O–H groups in total. The lowest BCUT2D eigenvalue weighted by Crippen LogP contribution is -2.13. The molecule has 0 unspecified atom stereocenters. The lowest BCUT2D eigenvalue weighted by atomic mass is 10.1. The van der Waals surface area contributed by atoms with Gasteiger partial charge in [-0.3, -0.25) is 14.8 Å². The molecule has 2 aromatic heterocycles. The maximum absolute atomic E-state index is 12.6. The third-order valence-electron chi connectivity index (χ3n) is 4.13. The van der Waals surface area contributed by atoms with Crippen LogP contribution in [0.2, 0.25) is 10.0 Å². The van der Waals surface area contributed by atoms with E-state index >= 15 is 0 Å². The summed E-state index contributed by atoms with van der Waals surface area (Å²) < 4.78 is 11.2. The van der Waals surface area contributed by atoms with E-state index in [1.165, 1.54) is 18.0 Å². The van der Waals surface area contributed by atoms with Crippen molar-refractivity contribution in [3.05, 3.63) is 76.3 Å². The normalized spacial score (nSPS) is 10.4. The first-order valence-electron chi connectivity index (χ1n) is 8.88. The van der Waals surface area contributed by atoms with Crippen molar-refractivity contribution in [1.82, 2.24) is 9.97 Å². The first kappa shape index (κ1) is 20.9. The molecule has 1 amide bonds. The zero-order valence-electron chi connectivity index (χ0n) is 15.7. The van der Waals surface area contributed by atoms with Crippen molar-refractivity contribution in [1.29, 1.82) is 0 Å². The number of rotatable bonds is 8. The fourth-order valence-corrected chi connectivity index (χ4v) is 3.11. The first-order valence-corrected chi connectivity index (χ1v) is 9.64. The third-order valence-corrected chi connectivity index (χ3v) is 4.71. The van der Waals surface area contributed by atoms with E-state index < -0.39 is 0 Å². The van der Waals surface area contributed by atoms with E-state index in [-0.39, 0.29) is 16.0 Å². The average Bonchev–Trinajstić information content (AvgIpc) is 2.74. The molecule has 6 nitrogen and oxygen atoms in total. The van der Waals surface area contributed by atoms with E-state index in [4.69, 9.17) is 32.7 Å². The maximum atomic E-state index is 12.6. The van der Waals surface area contributed by atoms with Crippen LogP contribution in [0.15, 0.2) is 55.1 Å². The monoisotopic (exact) mass is 431 g/mol. The van der Waals surface area contributed by atoms with E-state index in [2.05, 4.69) is 15.3 Å². The molecule has 0 spiro atoms. The highest BCUT2D eigenvalue weighted by atomic mass is 35.5. The highest BCUT2D eigenvalue weighted by Crippen LogP contribution is 2.31. The van der Waals surface area contributed by atoms with Crippen molar-refractivity contribution in [2.24, 2.45) is 0 Å². The molecular weight excluding hydrogens is 413 g/mol. The van der Waals surface area contributed by atoms with Gasteiger partial charge in [-0.1, -0.05) is 23.2 Å². The molecule has 0 aliphatic heterocycles. The highest BCUT2D eigenvalue weighted by Gasteiger charge is 2.15. The van der Waals surface area contributed by atoms with Gasteiger partial charge in [0.2, 0.25) is 0 Å². The quantitative estimate of drug-likeness (QED) is 0.504. The zero-order valence-corrected chi connectivity index (χ0v) is 17.2. The minimum absolute atomic E-state index is 0.256. The van der Waals surface area contributed by atoms with Crippen LogP contribution in [0.25, 0.3) is 0 Å². The van der Waals surface area contributed by atoms with Gasteiger partial charge in [0.05, 0.1) is 29.4 Å². The molecule has 2 heterocycles. The van der Waals surface area contributed by atoms with E-state index in [9.17, 15) is 4.79 Å². The Morgan fingerprint density at radius 1 is 1.03 bits per heavy atom. The molecule has 1 aromatic carbocycles. The summed E-state index contributed by atoms with van der Waals surface area (Å²) in [6, 6.07) is 8.90. The SMILES string of the molecule is COc1ccc(C(=O)Nc2c(Cl)cncc2Cl)cc1OCCCc1ccncc1. The highest BCUT2D eigenvalue weighted by molar-refractivity contribution is 6.39. The number of halogens is 2. The Bertz CT molecular complexity index is 964. The van der Waals surface area contributed by atoms with Crippen molar-refractivity contribution in [2.45, 2.75) is 12.8 Å². The van der Waals surface area contributed by atoms with E-state index in [1.807, 2.05) is 12.1 Å². The second-order valence-corrected chi connectivity index (χ2v) is 6.92. The molecule has 3 aromatic rings. The van der Waals surface area contributed by atoms with Gasteiger partial charge in [0.15, 0.2) is 11.5 Å². The summed E-state index contributed by atoms with van der Waals surface area (Å²) in [5.41, 5.74) is 1.89. The number of hydrogen-bond donors (Lipinski definition) is 1. The number of carbonyl (C=O) groups is 1. The average molecular weight is 432 g/mol. The van der Waals surface area contributed by atoms with Crippen LogP contribution in [-0.2, 0) is 6.42 Å². The van der Waals surface area contributed by atoms with Crippen LogP contribution in [0, 0.1) is 0 Å². The Kier molecular flexibility index (Phi) is 7.27. The number of methoxy groups -OCH3 is 1. The Hall–Kier alpha value is -2.83. The smallest absolute Gasteiger partial charge is 0.255 e. The van der Waals surface area contributed by atoms with Gasteiger partial charge >= 0.3 is 0 Å². The molecule has 0 bridgehead atoms. The largest absolute Gasteiger partial charge is 0.493 e. The molecule has 0 aliphatic rings. The number of hydrogen-bond acceptors (Lipinski definition) is 5. The number of benzene rings is 1.